The van der Waals surface area contributed by atoms with Gasteiger partial charge in [-0.25, -0.2) is 0 Å². The lowest BCUT2D eigenvalue weighted by Gasteiger charge is -2.17. The van der Waals surface area contributed by atoms with Crippen LogP contribution in [0.3, 0.4) is 0 Å². The van der Waals surface area contributed by atoms with Gasteiger partial charge in [-0.3, -0.25) is 0 Å². The maximum Gasteiger partial charge on any atom is 0.174 e. The van der Waals surface area contributed by atoms with E-state index in [1.54, 1.807) is 13.2 Å². The molecular formula is C19H22INO2. The van der Waals surface area contributed by atoms with Crippen molar-refractivity contribution in [3.05, 3.63) is 69.8 Å². The van der Waals surface area contributed by atoms with Crippen molar-refractivity contribution < 1.29 is 9.47 Å². The van der Waals surface area contributed by atoms with Crippen LogP contribution in [0.5, 0.6) is 11.5 Å². The standard InChI is InChI=1S/C19H22INO2/c1-4-10-23-19-17(20)11-15(12-18(19)22-3)13-21-14(2)16-8-6-5-7-9-16/h4-9,11-12,14,21H,1,10,13H2,2-3H3/t14-/m1/s1. The van der Waals surface area contributed by atoms with Crippen LogP contribution in [0.15, 0.2) is 55.1 Å². The van der Waals surface area contributed by atoms with Gasteiger partial charge in [0.05, 0.1) is 10.7 Å². The molecule has 0 aliphatic carbocycles. The Labute approximate surface area is 151 Å². The predicted octanol–water partition coefficient (Wildman–Crippen LogP) is 4.72. The maximum atomic E-state index is 5.69. The monoisotopic (exact) mass is 423 g/mol. The van der Waals surface area contributed by atoms with E-state index >= 15 is 0 Å². The zero-order valence-corrected chi connectivity index (χ0v) is 15.7. The van der Waals surface area contributed by atoms with Gasteiger partial charge in [-0.15, -0.1) is 0 Å². The molecule has 0 saturated heterocycles. The number of halogens is 1. The highest BCUT2D eigenvalue weighted by atomic mass is 127. The molecule has 1 N–H and O–H groups in total. The summed E-state index contributed by atoms with van der Waals surface area (Å²) in [5.41, 5.74) is 2.44. The fraction of sp³-hybridized carbons (Fsp3) is 0.263. The molecule has 0 radical (unpaired) electrons. The van der Waals surface area contributed by atoms with E-state index in [1.807, 2.05) is 12.1 Å². The Morgan fingerprint density at radius 2 is 2.00 bits per heavy atom. The first-order chi connectivity index (χ1) is 11.2. The molecule has 23 heavy (non-hydrogen) atoms. The number of hydrogen-bond acceptors (Lipinski definition) is 3. The van der Waals surface area contributed by atoms with Crippen LogP contribution in [-0.4, -0.2) is 13.7 Å². The first-order valence-electron chi connectivity index (χ1n) is 7.54. The van der Waals surface area contributed by atoms with Crippen LogP contribution in [0.1, 0.15) is 24.1 Å². The van der Waals surface area contributed by atoms with Crippen molar-refractivity contribution in [1.29, 1.82) is 0 Å². The van der Waals surface area contributed by atoms with Crippen LogP contribution < -0.4 is 14.8 Å². The van der Waals surface area contributed by atoms with Gasteiger partial charge >= 0.3 is 0 Å². The Balaban J connectivity index is 2.08. The number of benzene rings is 2. The molecule has 0 aliphatic rings. The Kier molecular flexibility index (Phi) is 6.92. The Bertz CT molecular complexity index is 643. The van der Waals surface area contributed by atoms with Crippen molar-refractivity contribution in [1.82, 2.24) is 5.32 Å². The molecule has 0 aromatic heterocycles. The second-order valence-corrected chi connectivity index (χ2v) is 6.38. The molecule has 122 valence electrons. The van der Waals surface area contributed by atoms with E-state index in [1.165, 1.54) is 11.1 Å². The molecule has 0 saturated carbocycles. The third-order valence-corrected chi connectivity index (χ3v) is 4.35. The topological polar surface area (TPSA) is 30.5 Å². The summed E-state index contributed by atoms with van der Waals surface area (Å²) in [6.07, 6.45) is 1.73. The summed E-state index contributed by atoms with van der Waals surface area (Å²) < 4.78 is 12.2. The van der Waals surface area contributed by atoms with Gasteiger partial charge in [-0.05, 0) is 52.8 Å². The third kappa shape index (κ3) is 4.97. The van der Waals surface area contributed by atoms with Gasteiger partial charge < -0.3 is 14.8 Å². The third-order valence-electron chi connectivity index (χ3n) is 3.55. The van der Waals surface area contributed by atoms with Crippen molar-refractivity contribution in [2.24, 2.45) is 0 Å². The van der Waals surface area contributed by atoms with E-state index < -0.39 is 0 Å². The van der Waals surface area contributed by atoms with Crippen LogP contribution in [0.25, 0.3) is 0 Å². The molecule has 0 spiro atoms. The lowest BCUT2D eigenvalue weighted by atomic mass is 10.1. The highest BCUT2D eigenvalue weighted by Gasteiger charge is 2.12. The second-order valence-electron chi connectivity index (χ2n) is 5.22. The number of methoxy groups -OCH3 is 1. The van der Waals surface area contributed by atoms with Crippen molar-refractivity contribution in [3.8, 4) is 11.5 Å². The molecule has 1 atom stereocenters. The van der Waals surface area contributed by atoms with Crippen LogP contribution in [-0.2, 0) is 6.54 Å². The van der Waals surface area contributed by atoms with E-state index in [2.05, 4.69) is 71.7 Å². The summed E-state index contributed by atoms with van der Waals surface area (Å²) in [6, 6.07) is 14.8. The quantitative estimate of drug-likeness (QED) is 0.493. The Morgan fingerprint density at radius 1 is 1.26 bits per heavy atom. The fourth-order valence-corrected chi connectivity index (χ4v) is 3.11. The van der Waals surface area contributed by atoms with Gasteiger partial charge in [-0.1, -0.05) is 43.0 Å². The highest BCUT2D eigenvalue weighted by molar-refractivity contribution is 14.1. The van der Waals surface area contributed by atoms with Gasteiger partial charge in [0.2, 0.25) is 0 Å². The molecule has 0 amide bonds. The summed E-state index contributed by atoms with van der Waals surface area (Å²) in [5.74, 6) is 1.52. The minimum Gasteiger partial charge on any atom is -0.493 e. The summed E-state index contributed by atoms with van der Waals surface area (Å²) >= 11 is 2.28. The molecule has 0 aliphatic heterocycles. The number of nitrogens with one attached hydrogen (secondary N) is 1. The van der Waals surface area contributed by atoms with Crippen molar-refractivity contribution >= 4 is 22.6 Å². The zero-order chi connectivity index (χ0) is 16.7. The van der Waals surface area contributed by atoms with E-state index in [9.17, 15) is 0 Å². The van der Waals surface area contributed by atoms with Gasteiger partial charge in [0, 0.05) is 12.6 Å². The van der Waals surface area contributed by atoms with Crippen molar-refractivity contribution in [3.63, 3.8) is 0 Å². The lowest BCUT2D eigenvalue weighted by molar-refractivity contribution is 0.324. The van der Waals surface area contributed by atoms with Crippen LogP contribution in [0.2, 0.25) is 0 Å². The highest BCUT2D eigenvalue weighted by Crippen LogP contribution is 2.34. The average molecular weight is 423 g/mol. The van der Waals surface area contributed by atoms with Crippen molar-refractivity contribution in [2.75, 3.05) is 13.7 Å². The van der Waals surface area contributed by atoms with Gasteiger partial charge in [0.15, 0.2) is 11.5 Å². The van der Waals surface area contributed by atoms with Gasteiger partial charge in [0.1, 0.15) is 6.61 Å². The summed E-state index contributed by atoms with van der Waals surface area (Å²) in [7, 11) is 1.66. The predicted molar refractivity (Wildman–Crippen MR) is 103 cm³/mol. The maximum absolute atomic E-state index is 5.69. The van der Waals surface area contributed by atoms with Gasteiger partial charge in [-0.2, -0.15) is 0 Å². The molecule has 2 aromatic rings. The number of hydrogen-bond donors (Lipinski definition) is 1. The van der Waals surface area contributed by atoms with Crippen molar-refractivity contribution in [2.45, 2.75) is 19.5 Å². The first kappa shape index (κ1) is 17.8. The molecule has 2 aromatic carbocycles. The number of rotatable bonds is 8. The lowest BCUT2D eigenvalue weighted by Crippen LogP contribution is -2.18. The molecule has 0 unspecified atom stereocenters. The molecular weight excluding hydrogens is 401 g/mol. The fourth-order valence-electron chi connectivity index (χ4n) is 2.29. The average Bonchev–Trinajstić information content (AvgIpc) is 2.59. The SMILES string of the molecule is C=CCOc1c(I)cc(CN[C@H](C)c2ccccc2)cc1OC. The summed E-state index contributed by atoms with van der Waals surface area (Å²) in [6.45, 7) is 7.08. The molecule has 0 bridgehead atoms. The zero-order valence-electron chi connectivity index (χ0n) is 13.5. The molecule has 0 heterocycles. The van der Waals surface area contributed by atoms with E-state index in [-0.39, 0.29) is 6.04 Å². The van der Waals surface area contributed by atoms with Gasteiger partial charge in [0.25, 0.3) is 0 Å². The Morgan fingerprint density at radius 3 is 2.65 bits per heavy atom. The number of ether oxygens (including phenoxy) is 2. The van der Waals surface area contributed by atoms with E-state index in [0.717, 1.165) is 21.6 Å². The minimum absolute atomic E-state index is 0.288. The summed E-state index contributed by atoms with van der Waals surface area (Å²) in [4.78, 5) is 0. The molecule has 3 nitrogen and oxygen atoms in total. The normalized spacial score (nSPS) is 11.8. The van der Waals surface area contributed by atoms with Crippen LogP contribution >= 0.6 is 22.6 Å². The second kappa shape index (κ2) is 8.93. The molecule has 2 rings (SSSR count). The summed E-state index contributed by atoms with van der Waals surface area (Å²) in [5, 5.41) is 3.54. The van der Waals surface area contributed by atoms with E-state index in [0.29, 0.717) is 6.61 Å². The smallest absolute Gasteiger partial charge is 0.174 e. The largest absolute Gasteiger partial charge is 0.493 e. The first-order valence-corrected chi connectivity index (χ1v) is 8.62. The molecule has 0 fully saturated rings. The van der Waals surface area contributed by atoms with E-state index in [4.69, 9.17) is 9.47 Å². The minimum atomic E-state index is 0.288. The Hall–Kier alpha value is -1.53. The van der Waals surface area contributed by atoms with Crippen LogP contribution in [0.4, 0.5) is 0 Å². The molecule has 4 heteroatoms. The van der Waals surface area contributed by atoms with Crippen LogP contribution in [0, 0.1) is 3.57 Å².